The number of esters is 1. The van der Waals surface area contributed by atoms with Gasteiger partial charge in [-0.2, -0.15) is 0 Å². The minimum atomic E-state index is -0.169. The Bertz CT molecular complexity index is 444. The molecule has 1 saturated carbocycles. The number of hydrogen-bond donors (Lipinski definition) is 0. The highest BCUT2D eigenvalue weighted by atomic mass is 16.5. The van der Waals surface area contributed by atoms with E-state index < -0.39 is 0 Å². The van der Waals surface area contributed by atoms with Gasteiger partial charge < -0.3 is 4.74 Å². The van der Waals surface area contributed by atoms with Crippen molar-refractivity contribution in [1.82, 2.24) is 0 Å². The third kappa shape index (κ3) is 3.59. The maximum absolute atomic E-state index is 12.2. The van der Waals surface area contributed by atoms with Gasteiger partial charge in [0.05, 0.1) is 5.56 Å². The predicted molar refractivity (Wildman–Crippen MR) is 77.3 cm³/mol. The lowest BCUT2D eigenvalue weighted by Gasteiger charge is -2.32. The zero-order valence-electron chi connectivity index (χ0n) is 12.4. The van der Waals surface area contributed by atoms with Gasteiger partial charge in [-0.25, -0.2) is 4.79 Å². The first-order valence-electron chi connectivity index (χ1n) is 7.25. The summed E-state index contributed by atoms with van der Waals surface area (Å²) in [6, 6.07) is 5.89. The van der Waals surface area contributed by atoms with Crippen molar-refractivity contribution >= 4 is 5.97 Å². The van der Waals surface area contributed by atoms with E-state index in [-0.39, 0.29) is 12.1 Å². The van der Waals surface area contributed by atoms with Crippen LogP contribution in [0, 0.1) is 25.7 Å². The summed E-state index contributed by atoms with van der Waals surface area (Å²) in [5.74, 6) is 0.969. The second-order valence-corrected chi connectivity index (χ2v) is 6.22. The summed E-state index contributed by atoms with van der Waals surface area (Å²) in [6.45, 7) is 8.44. The van der Waals surface area contributed by atoms with Crippen LogP contribution in [-0.4, -0.2) is 12.1 Å². The van der Waals surface area contributed by atoms with Gasteiger partial charge in [0.25, 0.3) is 0 Å². The maximum Gasteiger partial charge on any atom is 0.338 e. The molecular formula is C17H24O2. The van der Waals surface area contributed by atoms with Crippen LogP contribution in [0.3, 0.4) is 0 Å². The summed E-state index contributed by atoms with van der Waals surface area (Å²) in [7, 11) is 0. The van der Waals surface area contributed by atoms with Crippen LogP contribution in [-0.2, 0) is 4.74 Å². The van der Waals surface area contributed by atoms with Gasteiger partial charge in [0.2, 0.25) is 0 Å². The topological polar surface area (TPSA) is 26.3 Å². The Morgan fingerprint density at radius 1 is 1.11 bits per heavy atom. The summed E-state index contributed by atoms with van der Waals surface area (Å²) < 4.78 is 5.73. The Morgan fingerprint density at radius 3 is 2.37 bits per heavy atom. The van der Waals surface area contributed by atoms with Crippen LogP contribution in [0.5, 0.6) is 0 Å². The summed E-state index contributed by atoms with van der Waals surface area (Å²) in [4.78, 5) is 12.2. The van der Waals surface area contributed by atoms with Gasteiger partial charge in [-0.15, -0.1) is 0 Å². The first-order valence-corrected chi connectivity index (χ1v) is 7.25. The summed E-state index contributed by atoms with van der Waals surface area (Å²) >= 11 is 0. The molecule has 104 valence electrons. The van der Waals surface area contributed by atoms with E-state index in [4.69, 9.17) is 4.74 Å². The van der Waals surface area contributed by atoms with Crippen molar-refractivity contribution in [2.24, 2.45) is 11.8 Å². The van der Waals surface area contributed by atoms with E-state index in [9.17, 15) is 4.79 Å². The van der Waals surface area contributed by atoms with Gasteiger partial charge in [-0.3, -0.25) is 0 Å². The van der Waals surface area contributed by atoms with Gasteiger partial charge >= 0.3 is 5.97 Å². The van der Waals surface area contributed by atoms with Crippen molar-refractivity contribution < 1.29 is 9.53 Å². The van der Waals surface area contributed by atoms with E-state index in [2.05, 4.69) is 19.9 Å². The number of carbonyl (C=O) groups excluding carboxylic acids is 1. The van der Waals surface area contributed by atoms with Gasteiger partial charge in [-0.05, 0) is 50.7 Å². The van der Waals surface area contributed by atoms with Crippen molar-refractivity contribution in [2.45, 2.75) is 53.1 Å². The largest absolute Gasteiger partial charge is 0.458 e. The molecule has 2 rings (SSSR count). The third-order valence-electron chi connectivity index (χ3n) is 4.10. The Morgan fingerprint density at radius 2 is 1.74 bits per heavy atom. The Hall–Kier alpha value is -1.31. The minimum absolute atomic E-state index is 0.0806. The smallest absolute Gasteiger partial charge is 0.338 e. The summed E-state index contributed by atoms with van der Waals surface area (Å²) in [6.07, 6.45) is 3.49. The highest BCUT2D eigenvalue weighted by Crippen LogP contribution is 2.31. The molecule has 2 heteroatoms. The average molecular weight is 260 g/mol. The molecule has 1 aliphatic rings. The predicted octanol–water partition coefficient (Wildman–Crippen LogP) is 4.28. The number of benzene rings is 1. The monoisotopic (exact) mass is 260 g/mol. The van der Waals surface area contributed by atoms with Gasteiger partial charge in [0.1, 0.15) is 6.10 Å². The van der Waals surface area contributed by atoms with Crippen LogP contribution in [0.25, 0.3) is 0 Å². The van der Waals surface area contributed by atoms with Gasteiger partial charge in [-0.1, -0.05) is 37.5 Å². The van der Waals surface area contributed by atoms with Crippen molar-refractivity contribution in [1.29, 1.82) is 0 Å². The highest BCUT2D eigenvalue weighted by Gasteiger charge is 2.28. The molecule has 0 bridgehead atoms. The molecule has 1 aliphatic carbocycles. The molecule has 0 N–H and O–H groups in total. The Kier molecular flexibility index (Phi) is 4.28. The second-order valence-electron chi connectivity index (χ2n) is 6.22. The number of aryl methyl sites for hydroxylation is 2. The third-order valence-corrected chi connectivity index (χ3v) is 4.10. The molecule has 2 nitrogen and oxygen atoms in total. The molecular weight excluding hydrogens is 236 g/mol. The fourth-order valence-corrected chi connectivity index (χ4v) is 2.94. The number of ether oxygens (including phenoxy) is 1. The molecule has 0 heterocycles. The van der Waals surface area contributed by atoms with E-state index in [1.165, 1.54) is 6.42 Å². The standard InChI is InChI=1S/C17H24O2/c1-11-5-6-14(4)16(10-11)19-17(18)15-8-12(2)7-13(3)9-15/h7-9,11,14,16H,5-6,10H2,1-4H3. The molecule has 0 aliphatic heterocycles. The van der Waals surface area contributed by atoms with Crippen LogP contribution in [0.2, 0.25) is 0 Å². The van der Waals surface area contributed by atoms with Crippen LogP contribution in [0.1, 0.15) is 54.6 Å². The maximum atomic E-state index is 12.2. The zero-order chi connectivity index (χ0) is 14.0. The average Bonchev–Trinajstić information content (AvgIpc) is 2.32. The number of rotatable bonds is 2. The molecule has 3 unspecified atom stereocenters. The Labute approximate surface area is 116 Å². The molecule has 0 spiro atoms. The summed E-state index contributed by atoms with van der Waals surface area (Å²) in [5, 5.41) is 0. The molecule has 0 amide bonds. The molecule has 19 heavy (non-hydrogen) atoms. The lowest BCUT2D eigenvalue weighted by Crippen LogP contribution is -2.31. The molecule has 1 fully saturated rings. The van der Waals surface area contributed by atoms with Crippen molar-refractivity contribution in [2.75, 3.05) is 0 Å². The molecule has 1 aromatic carbocycles. The van der Waals surface area contributed by atoms with Crippen LogP contribution in [0.4, 0.5) is 0 Å². The summed E-state index contributed by atoms with van der Waals surface area (Å²) in [5.41, 5.74) is 2.90. The fraction of sp³-hybridized carbons (Fsp3) is 0.588. The van der Waals surface area contributed by atoms with E-state index in [0.29, 0.717) is 17.4 Å². The molecule has 1 aromatic rings. The van der Waals surface area contributed by atoms with Crippen molar-refractivity contribution in [3.8, 4) is 0 Å². The number of carbonyl (C=O) groups is 1. The zero-order valence-corrected chi connectivity index (χ0v) is 12.4. The van der Waals surface area contributed by atoms with Gasteiger partial charge in [0.15, 0.2) is 0 Å². The molecule has 0 saturated heterocycles. The first-order chi connectivity index (χ1) is 8.95. The second kappa shape index (κ2) is 5.77. The molecule has 0 radical (unpaired) electrons. The van der Waals surface area contributed by atoms with Crippen molar-refractivity contribution in [3.63, 3.8) is 0 Å². The van der Waals surface area contributed by atoms with E-state index in [1.807, 2.05) is 26.0 Å². The number of hydrogen-bond acceptors (Lipinski definition) is 2. The first kappa shape index (κ1) is 14.1. The quantitative estimate of drug-likeness (QED) is 0.742. The van der Waals surface area contributed by atoms with E-state index >= 15 is 0 Å². The molecule has 0 aromatic heterocycles. The van der Waals surface area contributed by atoms with Crippen LogP contribution >= 0.6 is 0 Å². The van der Waals surface area contributed by atoms with E-state index in [1.54, 1.807) is 0 Å². The normalized spacial score (nSPS) is 27.1. The fourth-order valence-electron chi connectivity index (χ4n) is 2.94. The SMILES string of the molecule is Cc1cc(C)cc(C(=O)OC2CC(C)CCC2C)c1. The molecule has 3 atom stereocenters. The lowest BCUT2D eigenvalue weighted by molar-refractivity contribution is -0.00308. The van der Waals surface area contributed by atoms with E-state index in [0.717, 1.165) is 24.0 Å². The Balaban J connectivity index is 2.07. The van der Waals surface area contributed by atoms with Crippen LogP contribution in [0.15, 0.2) is 18.2 Å². The van der Waals surface area contributed by atoms with Crippen LogP contribution < -0.4 is 0 Å². The lowest BCUT2D eigenvalue weighted by atomic mass is 9.81. The highest BCUT2D eigenvalue weighted by molar-refractivity contribution is 5.90. The van der Waals surface area contributed by atoms with Gasteiger partial charge in [0, 0.05) is 0 Å². The van der Waals surface area contributed by atoms with Crippen molar-refractivity contribution in [3.05, 3.63) is 34.9 Å². The minimum Gasteiger partial charge on any atom is -0.458 e.